The van der Waals surface area contributed by atoms with E-state index in [1.54, 1.807) is 6.07 Å². The molecule has 0 bridgehead atoms. The summed E-state index contributed by atoms with van der Waals surface area (Å²) in [7, 11) is 0. The highest BCUT2D eigenvalue weighted by Crippen LogP contribution is 2.36. The Morgan fingerprint density at radius 2 is 1.53 bits per heavy atom. The van der Waals surface area contributed by atoms with E-state index in [4.69, 9.17) is 34.8 Å². The van der Waals surface area contributed by atoms with E-state index in [0.717, 1.165) is 48.9 Å². The molecule has 1 fully saturated rings. The summed E-state index contributed by atoms with van der Waals surface area (Å²) in [6, 6.07) is 20.6. The molecular weight excluding hydrogens is 442 g/mol. The Labute approximate surface area is 191 Å². The molecule has 0 saturated carbocycles. The Morgan fingerprint density at radius 3 is 2.23 bits per heavy atom. The quantitative estimate of drug-likeness (QED) is 0.406. The van der Waals surface area contributed by atoms with Crippen LogP contribution < -0.4 is 4.90 Å². The molecule has 30 heavy (non-hydrogen) atoms. The van der Waals surface area contributed by atoms with Crippen LogP contribution in [0.25, 0.3) is 0 Å². The summed E-state index contributed by atoms with van der Waals surface area (Å²) < 4.78 is 13.2. The molecule has 2 nitrogen and oxygen atoms in total. The lowest BCUT2D eigenvalue weighted by Crippen LogP contribution is -2.49. The molecule has 0 aromatic heterocycles. The molecule has 0 spiro atoms. The van der Waals surface area contributed by atoms with Gasteiger partial charge in [-0.25, -0.2) is 4.39 Å². The number of nitrogens with zero attached hydrogens (tertiary/aromatic N) is 2. The van der Waals surface area contributed by atoms with Gasteiger partial charge in [0, 0.05) is 36.2 Å². The van der Waals surface area contributed by atoms with Gasteiger partial charge in [0.15, 0.2) is 0 Å². The van der Waals surface area contributed by atoms with Gasteiger partial charge in [-0.3, -0.25) is 4.90 Å². The second kappa shape index (κ2) is 9.57. The lowest BCUT2D eigenvalue weighted by atomic mass is 10.0. The summed E-state index contributed by atoms with van der Waals surface area (Å²) in [6.07, 6.45) is 0.884. The Morgan fingerprint density at radius 1 is 0.833 bits per heavy atom. The summed E-state index contributed by atoms with van der Waals surface area (Å²) in [5.74, 6) is -0.199. The van der Waals surface area contributed by atoms with Crippen molar-refractivity contribution in [2.45, 2.75) is 12.5 Å². The predicted molar refractivity (Wildman–Crippen MR) is 125 cm³/mol. The van der Waals surface area contributed by atoms with E-state index in [9.17, 15) is 4.39 Å². The smallest absolute Gasteiger partial charge is 0.123 e. The third-order valence-electron chi connectivity index (χ3n) is 5.57. The fourth-order valence-corrected chi connectivity index (χ4v) is 4.60. The van der Waals surface area contributed by atoms with Gasteiger partial charge in [-0.1, -0.05) is 59.1 Å². The van der Waals surface area contributed by atoms with E-state index in [1.165, 1.54) is 17.7 Å². The van der Waals surface area contributed by atoms with Gasteiger partial charge in [-0.15, -0.1) is 0 Å². The predicted octanol–water partition coefficient (Wildman–Crippen LogP) is 6.89. The van der Waals surface area contributed by atoms with Gasteiger partial charge in [0.05, 0.1) is 16.8 Å². The molecule has 0 amide bonds. The van der Waals surface area contributed by atoms with Gasteiger partial charge < -0.3 is 4.90 Å². The first-order valence-corrected chi connectivity index (χ1v) is 11.1. The maximum absolute atomic E-state index is 13.2. The van der Waals surface area contributed by atoms with Gasteiger partial charge in [0.1, 0.15) is 5.82 Å². The fourth-order valence-electron chi connectivity index (χ4n) is 3.95. The molecule has 1 aliphatic rings. The van der Waals surface area contributed by atoms with Crippen LogP contribution >= 0.6 is 34.8 Å². The normalized spacial score (nSPS) is 17.3. The van der Waals surface area contributed by atoms with E-state index in [-0.39, 0.29) is 11.9 Å². The first-order valence-electron chi connectivity index (χ1n) is 9.93. The second-order valence-electron chi connectivity index (χ2n) is 7.53. The van der Waals surface area contributed by atoms with Crippen LogP contribution in [0.3, 0.4) is 0 Å². The van der Waals surface area contributed by atoms with E-state index in [1.807, 2.05) is 36.4 Å². The summed E-state index contributed by atoms with van der Waals surface area (Å²) in [6.45, 7) is 3.54. The number of halogens is 4. The van der Waals surface area contributed by atoms with E-state index in [0.29, 0.717) is 10.0 Å². The Kier molecular flexibility index (Phi) is 6.84. The highest BCUT2D eigenvalue weighted by molar-refractivity contribution is 6.36. The number of anilines is 1. The molecular formula is C24H22Cl3FN2. The molecule has 0 unspecified atom stereocenters. The van der Waals surface area contributed by atoms with Crippen LogP contribution in [0.4, 0.5) is 10.1 Å². The van der Waals surface area contributed by atoms with Crippen LogP contribution in [0.2, 0.25) is 15.1 Å². The molecule has 156 valence electrons. The number of hydrogen-bond acceptors (Lipinski definition) is 2. The van der Waals surface area contributed by atoms with Crippen LogP contribution in [-0.2, 0) is 6.42 Å². The summed E-state index contributed by atoms with van der Waals surface area (Å²) in [5, 5.41) is 2.00. The van der Waals surface area contributed by atoms with Crippen LogP contribution in [0.5, 0.6) is 0 Å². The fraction of sp³-hybridized carbons (Fsp3) is 0.250. The van der Waals surface area contributed by atoms with Crippen LogP contribution in [0.1, 0.15) is 17.2 Å². The SMILES string of the molecule is Fc1ccc(CCN2CCN(c3ccc(Cl)cc3Cl)[C@H](c3ccc(Cl)cc3)C2)cc1. The van der Waals surface area contributed by atoms with Crippen molar-refractivity contribution in [3.8, 4) is 0 Å². The molecule has 3 aromatic carbocycles. The summed E-state index contributed by atoms with van der Waals surface area (Å²) in [5.41, 5.74) is 3.32. The minimum absolute atomic E-state index is 0.142. The third kappa shape index (κ3) is 5.09. The number of rotatable bonds is 5. The molecule has 0 N–H and O–H groups in total. The topological polar surface area (TPSA) is 6.48 Å². The Balaban J connectivity index is 1.55. The number of piperazine rings is 1. The molecule has 1 aliphatic heterocycles. The Bertz CT molecular complexity index is 992. The van der Waals surface area contributed by atoms with E-state index >= 15 is 0 Å². The monoisotopic (exact) mass is 462 g/mol. The maximum Gasteiger partial charge on any atom is 0.123 e. The molecule has 1 heterocycles. The average Bonchev–Trinajstić information content (AvgIpc) is 2.74. The summed E-state index contributed by atoms with van der Waals surface area (Å²) >= 11 is 18.8. The van der Waals surface area contributed by atoms with Crippen molar-refractivity contribution in [2.24, 2.45) is 0 Å². The van der Waals surface area contributed by atoms with Crippen LogP contribution in [-0.4, -0.2) is 31.1 Å². The van der Waals surface area contributed by atoms with Crippen molar-refractivity contribution < 1.29 is 4.39 Å². The maximum atomic E-state index is 13.2. The van der Waals surface area contributed by atoms with Crippen molar-refractivity contribution in [1.82, 2.24) is 4.90 Å². The zero-order chi connectivity index (χ0) is 21.1. The molecule has 3 aromatic rings. The Hall–Kier alpha value is -1.78. The van der Waals surface area contributed by atoms with Crippen LogP contribution in [0.15, 0.2) is 66.7 Å². The van der Waals surface area contributed by atoms with Crippen molar-refractivity contribution in [2.75, 3.05) is 31.1 Å². The molecule has 1 atom stereocenters. The number of hydrogen-bond donors (Lipinski definition) is 0. The zero-order valence-electron chi connectivity index (χ0n) is 16.4. The van der Waals surface area contributed by atoms with Crippen molar-refractivity contribution in [1.29, 1.82) is 0 Å². The van der Waals surface area contributed by atoms with E-state index < -0.39 is 0 Å². The molecule has 6 heteroatoms. The first kappa shape index (κ1) is 21.5. The van der Waals surface area contributed by atoms with E-state index in [2.05, 4.69) is 21.9 Å². The largest absolute Gasteiger partial charge is 0.361 e. The van der Waals surface area contributed by atoms with Crippen molar-refractivity contribution in [3.63, 3.8) is 0 Å². The molecule has 0 radical (unpaired) electrons. The van der Waals surface area contributed by atoms with Crippen molar-refractivity contribution in [3.05, 3.63) is 98.7 Å². The van der Waals surface area contributed by atoms with Crippen molar-refractivity contribution >= 4 is 40.5 Å². The van der Waals surface area contributed by atoms with Gasteiger partial charge in [0.2, 0.25) is 0 Å². The van der Waals surface area contributed by atoms with Crippen LogP contribution in [0, 0.1) is 5.82 Å². The standard InChI is InChI=1S/C24H22Cl3FN2/c25-19-5-3-18(4-6-19)24-16-29(12-11-17-1-8-21(28)9-2-17)13-14-30(24)23-10-7-20(26)15-22(23)27/h1-10,15,24H,11-14,16H2/t24-/m0/s1. The van der Waals surface area contributed by atoms with Gasteiger partial charge >= 0.3 is 0 Å². The first-order chi connectivity index (χ1) is 14.5. The molecule has 4 rings (SSSR count). The van der Waals surface area contributed by atoms with Gasteiger partial charge in [-0.05, 0) is 60.0 Å². The minimum Gasteiger partial charge on any atom is -0.361 e. The number of benzene rings is 3. The second-order valence-corrected chi connectivity index (χ2v) is 8.81. The molecule has 1 saturated heterocycles. The lowest BCUT2D eigenvalue weighted by Gasteiger charge is -2.43. The third-order valence-corrected chi connectivity index (χ3v) is 6.36. The summed E-state index contributed by atoms with van der Waals surface area (Å²) in [4.78, 5) is 4.79. The van der Waals surface area contributed by atoms with Gasteiger partial charge in [-0.2, -0.15) is 0 Å². The minimum atomic E-state index is -0.199. The lowest BCUT2D eigenvalue weighted by molar-refractivity contribution is 0.226. The average molecular weight is 464 g/mol. The van der Waals surface area contributed by atoms with Gasteiger partial charge in [0.25, 0.3) is 0 Å². The zero-order valence-corrected chi connectivity index (χ0v) is 18.6. The highest BCUT2D eigenvalue weighted by Gasteiger charge is 2.29. The molecule has 0 aliphatic carbocycles. The highest BCUT2D eigenvalue weighted by atomic mass is 35.5.